The summed E-state index contributed by atoms with van der Waals surface area (Å²) in [6.45, 7) is 6.36. The third-order valence-electron chi connectivity index (χ3n) is 7.32. The molecule has 4 heterocycles. The van der Waals surface area contributed by atoms with Crippen LogP contribution in [0, 0.1) is 23.1 Å². The van der Waals surface area contributed by atoms with Crippen molar-refractivity contribution in [3.8, 4) is 6.07 Å². The van der Waals surface area contributed by atoms with Gasteiger partial charge in [0.05, 0.1) is 11.6 Å². The van der Waals surface area contributed by atoms with E-state index in [9.17, 15) is 9.18 Å². The Hall–Kier alpha value is -2.98. The Morgan fingerprint density at radius 3 is 2.59 bits per heavy atom. The van der Waals surface area contributed by atoms with E-state index in [1.54, 1.807) is 6.20 Å². The topological polar surface area (TPSA) is 63.5 Å². The summed E-state index contributed by atoms with van der Waals surface area (Å²) in [5.74, 6) is 1.87. The van der Waals surface area contributed by atoms with Crippen molar-refractivity contribution in [3.63, 3.8) is 0 Å². The van der Waals surface area contributed by atoms with E-state index in [2.05, 4.69) is 27.8 Å². The SMILES string of the molecule is C[C@H]1CC2CN(C(=O)CCN3CC(c4ccc(F)cc4)C3)CC1N2c1ccc(C#N)cn1. The lowest BCUT2D eigenvalue weighted by atomic mass is 9.91. The number of fused-ring (bicyclic) bond motifs is 2. The highest BCUT2D eigenvalue weighted by atomic mass is 19.1. The number of pyridine rings is 1. The van der Waals surface area contributed by atoms with Crippen LogP contribution >= 0.6 is 0 Å². The van der Waals surface area contributed by atoms with Crippen LogP contribution < -0.4 is 4.90 Å². The molecule has 166 valence electrons. The number of carbonyl (C=O) groups excluding carboxylic acids is 1. The normalized spacial score (nSPS) is 25.5. The van der Waals surface area contributed by atoms with Gasteiger partial charge >= 0.3 is 0 Å². The summed E-state index contributed by atoms with van der Waals surface area (Å²) >= 11 is 0. The van der Waals surface area contributed by atoms with Crippen LogP contribution in [0.2, 0.25) is 0 Å². The first-order valence-electron chi connectivity index (χ1n) is 11.4. The van der Waals surface area contributed by atoms with Crippen LogP contribution in [0.4, 0.5) is 10.2 Å². The molecule has 0 aliphatic carbocycles. The van der Waals surface area contributed by atoms with Crippen molar-refractivity contribution in [3.05, 3.63) is 59.5 Å². The lowest BCUT2D eigenvalue weighted by molar-refractivity contribution is -0.132. The molecule has 2 aromatic rings. The minimum absolute atomic E-state index is 0.200. The maximum absolute atomic E-state index is 13.1. The van der Waals surface area contributed by atoms with Crippen LogP contribution in [0.3, 0.4) is 0 Å². The van der Waals surface area contributed by atoms with Gasteiger partial charge in [0.15, 0.2) is 0 Å². The zero-order valence-corrected chi connectivity index (χ0v) is 18.3. The lowest BCUT2D eigenvalue weighted by Crippen LogP contribution is -2.57. The van der Waals surface area contributed by atoms with E-state index in [0.717, 1.165) is 45.0 Å². The Bertz CT molecular complexity index is 1010. The third kappa shape index (κ3) is 3.95. The molecule has 5 rings (SSSR count). The highest BCUT2D eigenvalue weighted by Crippen LogP contribution is 2.38. The Balaban J connectivity index is 1.14. The lowest BCUT2D eigenvalue weighted by Gasteiger charge is -2.43. The number of halogens is 1. The highest BCUT2D eigenvalue weighted by Gasteiger charge is 2.46. The Morgan fingerprint density at radius 1 is 1.16 bits per heavy atom. The van der Waals surface area contributed by atoms with Crippen molar-refractivity contribution < 1.29 is 9.18 Å². The number of anilines is 1. The number of rotatable bonds is 5. The third-order valence-corrected chi connectivity index (χ3v) is 7.32. The number of piperazine rings is 1. The molecule has 1 amide bonds. The maximum Gasteiger partial charge on any atom is 0.223 e. The molecule has 0 spiro atoms. The number of hydrogen-bond donors (Lipinski definition) is 0. The van der Waals surface area contributed by atoms with Crippen molar-refractivity contribution in [2.24, 2.45) is 5.92 Å². The van der Waals surface area contributed by atoms with Gasteiger partial charge in [-0.3, -0.25) is 4.79 Å². The monoisotopic (exact) mass is 433 g/mol. The van der Waals surface area contributed by atoms with Gasteiger partial charge in [0.1, 0.15) is 17.7 Å². The van der Waals surface area contributed by atoms with Gasteiger partial charge in [-0.1, -0.05) is 19.1 Å². The minimum atomic E-state index is -0.200. The van der Waals surface area contributed by atoms with E-state index in [1.165, 1.54) is 17.7 Å². The summed E-state index contributed by atoms with van der Waals surface area (Å²) in [4.78, 5) is 24.2. The summed E-state index contributed by atoms with van der Waals surface area (Å²) in [7, 11) is 0. The Morgan fingerprint density at radius 2 is 1.94 bits per heavy atom. The van der Waals surface area contributed by atoms with Gasteiger partial charge in [0.2, 0.25) is 5.91 Å². The molecule has 3 aliphatic rings. The average molecular weight is 434 g/mol. The first-order valence-corrected chi connectivity index (χ1v) is 11.4. The maximum atomic E-state index is 13.1. The number of nitrogens with zero attached hydrogens (tertiary/aromatic N) is 5. The smallest absolute Gasteiger partial charge is 0.223 e. The van der Waals surface area contributed by atoms with E-state index >= 15 is 0 Å². The standard InChI is InChI=1S/C25H28FN5O/c1-17-10-22-15-30(16-23(17)31(22)24-7-2-18(11-27)12-28-24)25(32)8-9-29-13-20(14-29)19-3-5-21(26)6-4-19/h2-7,12,17,20,22-23H,8-10,13-16H2,1H3/t17-,22?,23?/m0/s1. The van der Waals surface area contributed by atoms with Crippen molar-refractivity contribution >= 4 is 11.7 Å². The van der Waals surface area contributed by atoms with E-state index in [1.807, 2.05) is 29.2 Å². The van der Waals surface area contributed by atoms with Crippen molar-refractivity contribution in [2.45, 2.75) is 37.8 Å². The first kappa shape index (κ1) is 20.9. The largest absolute Gasteiger partial charge is 0.347 e. The van der Waals surface area contributed by atoms with E-state index in [0.29, 0.717) is 23.8 Å². The van der Waals surface area contributed by atoms with Crippen LogP contribution in [-0.4, -0.2) is 65.5 Å². The second-order valence-electron chi connectivity index (χ2n) is 9.42. The molecule has 3 aliphatic heterocycles. The fourth-order valence-electron chi connectivity index (χ4n) is 5.51. The molecular weight excluding hydrogens is 405 g/mol. The summed E-state index contributed by atoms with van der Waals surface area (Å²) in [5, 5.41) is 9.02. The fraction of sp³-hybridized carbons (Fsp3) is 0.480. The Labute approximate surface area is 188 Å². The van der Waals surface area contributed by atoms with Crippen molar-refractivity contribution in [1.29, 1.82) is 5.26 Å². The molecule has 3 fully saturated rings. The molecule has 3 saturated heterocycles. The predicted molar refractivity (Wildman–Crippen MR) is 120 cm³/mol. The number of aromatic nitrogens is 1. The molecule has 3 atom stereocenters. The molecule has 32 heavy (non-hydrogen) atoms. The molecular formula is C25H28FN5O. The quantitative estimate of drug-likeness (QED) is 0.725. The predicted octanol–water partition coefficient (Wildman–Crippen LogP) is 3.01. The first-order chi connectivity index (χ1) is 15.5. The molecule has 0 N–H and O–H groups in total. The van der Waals surface area contributed by atoms with Crippen molar-refractivity contribution in [1.82, 2.24) is 14.8 Å². The average Bonchev–Trinajstić information content (AvgIpc) is 2.97. The van der Waals surface area contributed by atoms with Gasteiger partial charge < -0.3 is 14.7 Å². The minimum Gasteiger partial charge on any atom is -0.347 e. The van der Waals surface area contributed by atoms with Gasteiger partial charge in [-0.05, 0) is 42.2 Å². The van der Waals surface area contributed by atoms with E-state index in [4.69, 9.17) is 5.26 Å². The Kier molecular flexibility index (Phi) is 5.56. The van der Waals surface area contributed by atoms with Gasteiger partial charge in [-0.2, -0.15) is 5.26 Å². The van der Waals surface area contributed by atoms with Crippen LogP contribution in [0.5, 0.6) is 0 Å². The zero-order valence-electron chi connectivity index (χ0n) is 18.3. The number of benzene rings is 1. The summed E-state index contributed by atoms with van der Waals surface area (Å²) in [6, 6.07) is 13.2. The van der Waals surface area contributed by atoms with Gasteiger partial charge in [0.25, 0.3) is 0 Å². The summed E-state index contributed by atoms with van der Waals surface area (Å²) < 4.78 is 13.1. The number of likely N-dealkylation sites (tertiary alicyclic amines) is 2. The van der Waals surface area contributed by atoms with Crippen LogP contribution in [0.15, 0.2) is 42.6 Å². The molecule has 2 unspecified atom stereocenters. The number of carbonyl (C=O) groups is 1. The summed E-state index contributed by atoms with van der Waals surface area (Å²) in [6.07, 6.45) is 3.23. The molecule has 1 aromatic heterocycles. The van der Waals surface area contributed by atoms with Crippen molar-refractivity contribution in [2.75, 3.05) is 37.6 Å². The van der Waals surface area contributed by atoms with Crippen LogP contribution in [0.25, 0.3) is 0 Å². The van der Waals surface area contributed by atoms with Crippen LogP contribution in [0.1, 0.15) is 36.8 Å². The molecule has 1 aromatic carbocycles. The molecule has 6 nitrogen and oxygen atoms in total. The second kappa shape index (κ2) is 8.51. The second-order valence-corrected chi connectivity index (χ2v) is 9.42. The van der Waals surface area contributed by atoms with Gasteiger partial charge in [0, 0.05) is 57.3 Å². The summed E-state index contributed by atoms with van der Waals surface area (Å²) in [5.41, 5.74) is 1.74. The fourth-order valence-corrected chi connectivity index (χ4v) is 5.51. The number of amides is 1. The van der Waals surface area contributed by atoms with Crippen LogP contribution in [-0.2, 0) is 4.79 Å². The van der Waals surface area contributed by atoms with Gasteiger partial charge in [-0.25, -0.2) is 9.37 Å². The molecule has 7 heteroatoms. The molecule has 2 bridgehead atoms. The van der Waals surface area contributed by atoms with E-state index in [-0.39, 0.29) is 23.8 Å². The highest BCUT2D eigenvalue weighted by molar-refractivity contribution is 5.77. The molecule has 0 radical (unpaired) electrons. The number of hydrogen-bond acceptors (Lipinski definition) is 5. The molecule has 0 saturated carbocycles. The number of nitriles is 1. The van der Waals surface area contributed by atoms with E-state index < -0.39 is 0 Å². The zero-order chi connectivity index (χ0) is 22.2. The van der Waals surface area contributed by atoms with Gasteiger partial charge in [-0.15, -0.1) is 0 Å².